The molecular formula is C17H32N2. The molecule has 1 unspecified atom stereocenters. The van der Waals surface area contributed by atoms with Gasteiger partial charge in [-0.1, -0.05) is 0 Å². The molecule has 19 heavy (non-hydrogen) atoms. The highest BCUT2D eigenvalue weighted by molar-refractivity contribution is 5.05. The van der Waals surface area contributed by atoms with Crippen LogP contribution in [0.1, 0.15) is 51.9 Å². The van der Waals surface area contributed by atoms with Crippen LogP contribution >= 0.6 is 0 Å². The Hall–Kier alpha value is -0.0800. The van der Waals surface area contributed by atoms with Gasteiger partial charge in [-0.2, -0.15) is 0 Å². The Morgan fingerprint density at radius 2 is 1.63 bits per heavy atom. The molecule has 0 amide bonds. The maximum absolute atomic E-state index is 3.27. The summed E-state index contributed by atoms with van der Waals surface area (Å²) in [5.74, 6) is 3.25. The van der Waals surface area contributed by atoms with Crippen molar-refractivity contribution < 1.29 is 0 Å². The molecule has 1 atom stereocenters. The first-order chi connectivity index (χ1) is 9.13. The Balaban J connectivity index is 1.63. The van der Waals surface area contributed by atoms with Crippen LogP contribution in [0.5, 0.6) is 0 Å². The molecule has 0 radical (unpaired) electrons. The van der Waals surface area contributed by atoms with Crippen molar-refractivity contribution in [3.05, 3.63) is 0 Å². The summed E-state index contributed by atoms with van der Waals surface area (Å²) in [6.07, 6.45) is 10.6. The second-order valence-electron chi connectivity index (χ2n) is 7.89. The van der Waals surface area contributed by atoms with E-state index in [-0.39, 0.29) is 0 Å². The first kappa shape index (κ1) is 13.9. The third-order valence-corrected chi connectivity index (χ3v) is 6.57. The molecule has 4 bridgehead atoms. The van der Waals surface area contributed by atoms with Crippen LogP contribution in [-0.4, -0.2) is 38.1 Å². The summed E-state index contributed by atoms with van der Waals surface area (Å²) in [5.41, 5.74) is 0.684. The lowest BCUT2D eigenvalue weighted by atomic mass is 9.47. The summed E-state index contributed by atoms with van der Waals surface area (Å²) in [6, 6.07) is 0.790. The standard InChI is InChI=1S/C17H32N2/c1-13(19(3)6-4-5-18-2)17-10-14-7-15(11-17)9-16(8-14)12-17/h13-16,18H,4-12H2,1-3H3. The van der Waals surface area contributed by atoms with E-state index < -0.39 is 0 Å². The van der Waals surface area contributed by atoms with Crippen molar-refractivity contribution in [2.45, 2.75) is 57.9 Å². The summed E-state index contributed by atoms with van der Waals surface area (Å²) in [5, 5.41) is 3.27. The van der Waals surface area contributed by atoms with E-state index in [9.17, 15) is 0 Å². The molecule has 0 aromatic carbocycles. The van der Waals surface area contributed by atoms with Crippen LogP contribution in [0.15, 0.2) is 0 Å². The minimum Gasteiger partial charge on any atom is -0.320 e. The molecule has 2 nitrogen and oxygen atoms in total. The molecule has 0 spiro atoms. The lowest BCUT2D eigenvalue weighted by Crippen LogP contribution is -2.55. The van der Waals surface area contributed by atoms with Crippen LogP contribution in [-0.2, 0) is 0 Å². The van der Waals surface area contributed by atoms with E-state index in [1.54, 1.807) is 19.3 Å². The van der Waals surface area contributed by atoms with Gasteiger partial charge >= 0.3 is 0 Å². The van der Waals surface area contributed by atoms with Gasteiger partial charge in [0, 0.05) is 6.04 Å². The predicted molar refractivity (Wildman–Crippen MR) is 81.2 cm³/mol. The van der Waals surface area contributed by atoms with Gasteiger partial charge in [-0.05, 0) is 102 Å². The zero-order chi connectivity index (χ0) is 13.5. The van der Waals surface area contributed by atoms with E-state index in [1.165, 1.54) is 32.2 Å². The van der Waals surface area contributed by atoms with Crippen LogP contribution in [0.2, 0.25) is 0 Å². The molecule has 1 N–H and O–H groups in total. The van der Waals surface area contributed by atoms with Gasteiger partial charge in [0.1, 0.15) is 0 Å². The predicted octanol–water partition coefficient (Wildman–Crippen LogP) is 3.13. The fourth-order valence-electron chi connectivity index (χ4n) is 5.86. The van der Waals surface area contributed by atoms with E-state index in [2.05, 4.69) is 31.2 Å². The van der Waals surface area contributed by atoms with Gasteiger partial charge in [0.15, 0.2) is 0 Å². The van der Waals surface area contributed by atoms with E-state index in [1.807, 2.05) is 0 Å². The molecule has 4 aliphatic rings. The Kier molecular flexibility index (Phi) is 3.92. The van der Waals surface area contributed by atoms with Crippen LogP contribution < -0.4 is 5.32 Å². The molecule has 110 valence electrons. The molecular weight excluding hydrogens is 232 g/mol. The average Bonchev–Trinajstić information content (AvgIpc) is 2.36. The van der Waals surface area contributed by atoms with E-state index in [0.717, 1.165) is 30.3 Å². The van der Waals surface area contributed by atoms with Gasteiger partial charge in [0.2, 0.25) is 0 Å². The number of nitrogens with one attached hydrogen (secondary N) is 1. The van der Waals surface area contributed by atoms with Gasteiger partial charge in [-0.3, -0.25) is 0 Å². The molecule has 2 heteroatoms. The van der Waals surface area contributed by atoms with Crippen LogP contribution in [0, 0.1) is 23.2 Å². The molecule has 4 rings (SSSR count). The van der Waals surface area contributed by atoms with Gasteiger partial charge in [-0.15, -0.1) is 0 Å². The maximum Gasteiger partial charge on any atom is 0.0121 e. The Morgan fingerprint density at radius 1 is 1.11 bits per heavy atom. The lowest BCUT2D eigenvalue weighted by molar-refractivity contribution is -0.0925. The summed E-state index contributed by atoms with van der Waals surface area (Å²) in [7, 11) is 4.42. The summed E-state index contributed by atoms with van der Waals surface area (Å²) in [4.78, 5) is 2.66. The van der Waals surface area contributed by atoms with E-state index in [0.29, 0.717) is 5.41 Å². The SMILES string of the molecule is CNCCCN(C)C(C)C12CC3CC(CC(C3)C1)C2. The van der Waals surface area contributed by atoms with E-state index in [4.69, 9.17) is 0 Å². The Labute approximate surface area is 119 Å². The summed E-state index contributed by atoms with van der Waals surface area (Å²) < 4.78 is 0. The van der Waals surface area contributed by atoms with Crippen molar-refractivity contribution in [1.29, 1.82) is 0 Å². The monoisotopic (exact) mass is 264 g/mol. The third kappa shape index (κ3) is 2.58. The van der Waals surface area contributed by atoms with Gasteiger partial charge in [0.05, 0.1) is 0 Å². The minimum absolute atomic E-state index is 0.684. The maximum atomic E-state index is 3.27. The molecule has 0 saturated heterocycles. The quantitative estimate of drug-likeness (QED) is 0.742. The number of nitrogens with zero attached hydrogens (tertiary/aromatic N) is 1. The molecule has 0 aliphatic heterocycles. The molecule has 4 fully saturated rings. The number of hydrogen-bond acceptors (Lipinski definition) is 2. The van der Waals surface area contributed by atoms with Gasteiger partial charge < -0.3 is 10.2 Å². The highest BCUT2D eigenvalue weighted by Crippen LogP contribution is 2.61. The van der Waals surface area contributed by atoms with Crippen molar-refractivity contribution in [2.75, 3.05) is 27.2 Å². The lowest BCUT2D eigenvalue weighted by Gasteiger charge is -2.60. The highest BCUT2D eigenvalue weighted by Gasteiger charge is 2.53. The fourth-order valence-corrected chi connectivity index (χ4v) is 5.86. The van der Waals surface area contributed by atoms with Crippen molar-refractivity contribution in [3.8, 4) is 0 Å². The third-order valence-electron chi connectivity index (χ3n) is 6.57. The number of rotatable bonds is 6. The van der Waals surface area contributed by atoms with Crippen LogP contribution in [0.25, 0.3) is 0 Å². The largest absolute Gasteiger partial charge is 0.320 e. The van der Waals surface area contributed by atoms with Crippen molar-refractivity contribution in [1.82, 2.24) is 10.2 Å². The Morgan fingerprint density at radius 3 is 2.11 bits per heavy atom. The zero-order valence-corrected chi connectivity index (χ0v) is 13.1. The topological polar surface area (TPSA) is 15.3 Å². The smallest absolute Gasteiger partial charge is 0.0121 e. The molecule has 0 aromatic heterocycles. The second kappa shape index (κ2) is 5.37. The second-order valence-corrected chi connectivity index (χ2v) is 7.89. The van der Waals surface area contributed by atoms with Crippen LogP contribution in [0.3, 0.4) is 0 Å². The van der Waals surface area contributed by atoms with E-state index >= 15 is 0 Å². The average molecular weight is 264 g/mol. The molecule has 4 aliphatic carbocycles. The van der Waals surface area contributed by atoms with Crippen molar-refractivity contribution in [2.24, 2.45) is 23.2 Å². The first-order valence-electron chi connectivity index (χ1n) is 8.48. The van der Waals surface area contributed by atoms with Gasteiger partial charge in [0.25, 0.3) is 0 Å². The Bertz CT molecular complexity index is 277. The fraction of sp³-hybridized carbons (Fsp3) is 1.00. The van der Waals surface area contributed by atoms with Crippen molar-refractivity contribution in [3.63, 3.8) is 0 Å². The van der Waals surface area contributed by atoms with Crippen molar-refractivity contribution >= 4 is 0 Å². The number of hydrogen-bond donors (Lipinski definition) is 1. The normalized spacial score (nSPS) is 42.0. The zero-order valence-electron chi connectivity index (χ0n) is 13.1. The summed E-state index contributed by atoms with van der Waals surface area (Å²) in [6.45, 7) is 4.92. The highest BCUT2D eigenvalue weighted by atomic mass is 15.1. The molecule has 4 saturated carbocycles. The van der Waals surface area contributed by atoms with Gasteiger partial charge in [-0.25, -0.2) is 0 Å². The first-order valence-corrected chi connectivity index (χ1v) is 8.48. The summed E-state index contributed by atoms with van der Waals surface area (Å²) >= 11 is 0. The van der Waals surface area contributed by atoms with Crippen LogP contribution in [0.4, 0.5) is 0 Å². The molecule has 0 heterocycles. The minimum atomic E-state index is 0.684. The molecule has 0 aromatic rings.